The van der Waals surface area contributed by atoms with Crippen molar-refractivity contribution < 1.29 is 0 Å². The average molecular weight is 234 g/mol. The smallest absolute Gasteiger partial charge is 0.255 e. The van der Waals surface area contributed by atoms with Crippen LogP contribution in [-0.4, -0.2) is 23.1 Å². The van der Waals surface area contributed by atoms with Crippen LogP contribution in [0.1, 0.15) is 18.2 Å². The molecule has 1 aromatic rings. The monoisotopic (exact) mass is 234 g/mol. The molecule has 2 rings (SSSR count). The van der Waals surface area contributed by atoms with Gasteiger partial charge in [-0.1, -0.05) is 6.07 Å². The molecule has 2 heterocycles. The zero-order valence-electron chi connectivity index (χ0n) is 10.4. The van der Waals surface area contributed by atoms with Gasteiger partial charge in [-0.2, -0.15) is 0 Å². The third-order valence-electron chi connectivity index (χ3n) is 2.99. The van der Waals surface area contributed by atoms with Crippen LogP contribution in [0.2, 0.25) is 0 Å². The third kappa shape index (κ3) is 2.49. The summed E-state index contributed by atoms with van der Waals surface area (Å²) in [7, 11) is 1.79. The second-order valence-corrected chi connectivity index (χ2v) is 4.45. The fourth-order valence-corrected chi connectivity index (χ4v) is 1.75. The number of rotatable bonds is 2. The first kappa shape index (κ1) is 11.7. The predicted molar refractivity (Wildman–Crippen MR) is 68.2 cm³/mol. The van der Waals surface area contributed by atoms with E-state index in [1.165, 1.54) is 0 Å². The molecule has 0 bridgehead atoms. The molecule has 1 unspecified atom stereocenters. The molecular formula is C12H18N4O. The molecule has 5 nitrogen and oxygen atoms in total. The highest BCUT2D eigenvalue weighted by Crippen LogP contribution is 1.97. The molecule has 1 aliphatic rings. The summed E-state index contributed by atoms with van der Waals surface area (Å²) in [5, 5.41) is 6.34. The lowest BCUT2D eigenvalue weighted by molar-refractivity contribution is 0.710. The molecule has 0 fully saturated rings. The van der Waals surface area contributed by atoms with E-state index in [9.17, 15) is 4.79 Å². The van der Waals surface area contributed by atoms with E-state index < -0.39 is 0 Å². The zero-order chi connectivity index (χ0) is 12.4. The van der Waals surface area contributed by atoms with Gasteiger partial charge in [0.15, 0.2) is 5.96 Å². The second kappa shape index (κ2) is 4.61. The van der Waals surface area contributed by atoms with Crippen LogP contribution in [0.5, 0.6) is 0 Å². The first-order chi connectivity index (χ1) is 8.08. The molecule has 5 heteroatoms. The van der Waals surface area contributed by atoms with Gasteiger partial charge in [-0.25, -0.2) is 0 Å². The van der Waals surface area contributed by atoms with Crippen molar-refractivity contribution in [3.05, 3.63) is 33.7 Å². The lowest BCUT2D eigenvalue weighted by atomic mass is 10.2. The van der Waals surface area contributed by atoms with E-state index in [0.29, 0.717) is 12.6 Å². The van der Waals surface area contributed by atoms with Crippen LogP contribution in [0.4, 0.5) is 0 Å². The number of aromatic nitrogens is 1. The molecule has 1 atom stereocenters. The third-order valence-corrected chi connectivity index (χ3v) is 2.99. The number of hydrogen-bond donors (Lipinski definition) is 2. The minimum atomic E-state index is 0.0455. The Morgan fingerprint density at radius 1 is 1.59 bits per heavy atom. The number of aryl methyl sites for hydroxylation is 1. The van der Waals surface area contributed by atoms with Gasteiger partial charge >= 0.3 is 0 Å². The molecule has 2 N–H and O–H groups in total. The van der Waals surface area contributed by atoms with Gasteiger partial charge in [-0.3, -0.25) is 9.79 Å². The van der Waals surface area contributed by atoms with Crippen molar-refractivity contribution in [1.29, 1.82) is 0 Å². The van der Waals surface area contributed by atoms with Crippen molar-refractivity contribution in [2.24, 2.45) is 12.0 Å². The Morgan fingerprint density at radius 2 is 2.35 bits per heavy atom. The van der Waals surface area contributed by atoms with Gasteiger partial charge in [0.2, 0.25) is 0 Å². The average Bonchev–Trinajstić information content (AvgIpc) is 2.71. The van der Waals surface area contributed by atoms with Crippen molar-refractivity contribution in [3.8, 4) is 0 Å². The molecular weight excluding hydrogens is 216 g/mol. The SMILES string of the molecule is Cc1ccc(CNC2=NCC(C)N2)c(=O)n1C. The van der Waals surface area contributed by atoms with E-state index in [4.69, 9.17) is 0 Å². The van der Waals surface area contributed by atoms with E-state index in [0.717, 1.165) is 23.8 Å². The number of pyridine rings is 1. The van der Waals surface area contributed by atoms with Crippen molar-refractivity contribution in [3.63, 3.8) is 0 Å². The van der Waals surface area contributed by atoms with Gasteiger partial charge in [0.05, 0.1) is 6.54 Å². The molecule has 0 spiro atoms. The lowest BCUT2D eigenvalue weighted by Crippen LogP contribution is -2.38. The predicted octanol–water partition coefficient (Wildman–Crippen LogP) is 0.131. The normalized spacial score (nSPS) is 18.8. The Bertz CT molecular complexity index is 504. The minimum absolute atomic E-state index is 0.0455. The molecule has 1 aliphatic heterocycles. The Hall–Kier alpha value is -1.78. The van der Waals surface area contributed by atoms with Gasteiger partial charge in [0.1, 0.15) is 0 Å². The first-order valence-corrected chi connectivity index (χ1v) is 5.78. The van der Waals surface area contributed by atoms with E-state index in [1.54, 1.807) is 11.6 Å². The molecule has 1 aromatic heterocycles. The fourth-order valence-electron chi connectivity index (χ4n) is 1.75. The maximum Gasteiger partial charge on any atom is 0.255 e. The summed E-state index contributed by atoms with van der Waals surface area (Å²) in [6.07, 6.45) is 0. The molecule has 0 aliphatic carbocycles. The minimum Gasteiger partial charge on any atom is -0.352 e. The molecule has 17 heavy (non-hydrogen) atoms. The maximum absolute atomic E-state index is 11.9. The highest BCUT2D eigenvalue weighted by molar-refractivity contribution is 5.81. The van der Waals surface area contributed by atoms with Crippen LogP contribution >= 0.6 is 0 Å². The van der Waals surface area contributed by atoms with Gasteiger partial charge < -0.3 is 15.2 Å². The van der Waals surface area contributed by atoms with E-state index in [-0.39, 0.29) is 5.56 Å². The zero-order valence-corrected chi connectivity index (χ0v) is 10.4. The van der Waals surface area contributed by atoms with E-state index in [2.05, 4.69) is 22.5 Å². The van der Waals surface area contributed by atoms with Crippen molar-refractivity contribution in [1.82, 2.24) is 15.2 Å². The second-order valence-electron chi connectivity index (χ2n) is 4.45. The molecule has 0 radical (unpaired) electrons. The van der Waals surface area contributed by atoms with Gasteiger partial charge in [-0.05, 0) is 19.9 Å². The largest absolute Gasteiger partial charge is 0.352 e. The van der Waals surface area contributed by atoms with Crippen LogP contribution in [0.3, 0.4) is 0 Å². The van der Waals surface area contributed by atoms with Crippen LogP contribution in [-0.2, 0) is 13.6 Å². The molecule has 0 saturated heterocycles. The number of guanidine groups is 1. The highest BCUT2D eigenvalue weighted by Gasteiger charge is 2.12. The summed E-state index contributed by atoms with van der Waals surface area (Å²) in [5.74, 6) is 0.778. The van der Waals surface area contributed by atoms with Crippen LogP contribution in [0.15, 0.2) is 21.9 Å². The summed E-state index contributed by atoms with van der Waals surface area (Å²) >= 11 is 0. The summed E-state index contributed by atoms with van der Waals surface area (Å²) < 4.78 is 1.66. The topological polar surface area (TPSA) is 58.4 Å². The van der Waals surface area contributed by atoms with Crippen LogP contribution in [0.25, 0.3) is 0 Å². The summed E-state index contributed by atoms with van der Waals surface area (Å²) in [6.45, 7) is 5.28. The number of nitrogens with one attached hydrogen (secondary N) is 2. The van der Waals surface area contributed by atoms with Crippen LogP contribution < -0.4 is 16.2 Å². The van der Waals surface area contributed by atoms with E-state index in [1.807, 2.05) is 19.1 Å². The van der Waals surface area contributed by atoms with Gasteiger partial charge in [0.25, 0.3) is 5.56 Å². The van der Waals surface area contributed by atoms with Gasteiger partial charge in [-0.15, -0.1) is 0 Å². The quantitative estimate of drug-likeness (QED) is 0.765. The Kier molecular flexibility index (Phi) is 3.17. The molecule has 0 saturated carbocycles. The first-order valence-electron chi connectivity index (χ1n) is 5.78. The Morgan fingerprint density at radius 3 is 3.00 bits per heavy atom. The molecule has 92 valence electrons. The standard InChI is InChI=1S/C12H18N4O/c1-8-6-13-12(15-8)14-7-10-5-4-9(2)16(3)11(10)17/h4-5,8H,6-7H2,1-3H3,(H2,13,14,15). The lowest BCUT2D eigenvalue weighted by Gasteiger charge is -2.10. The fraction of sp³-hybridized carbons (Fsp3) is 0.500. The summed E-state index contributed by atoms with van der Waals surface area (Å²) in [4.78, 5) is 16.2. The highest BCUT2D eigenvalue weighted by atomic mass is 16.1. The molecule has 0 aromatic carbocycles. The van der Waals surface area contributed by atoms with Crippen molar-refractivity contribution in [2.45, 2.75) is 26.4 Å². The number of nitrogens with zero attached hydrogens (tertiary/aromatic N) is 2. The molecule has 0 amide bonds. The summed E-state index contributed by atoms with van der Waals surface area (Å²) in [5.41, 5.74) is 1.76. The number of aliphatic imine (C=N–C) groups is 1. The number of hydrogen-bond acceptors (Lipinski definition) is 4. The van der Waals surface area contributed by atoms with Crippen molar-refractivity contribution >= 4 is 5.96 Å². The maximum atomic E-state index is 11.9. The van der Waals surface area contributed by atoms with E-state index >= 15 is 0 Å². The summed E-state index contributed by atoms with van der Waals surface area (Å²) in [6, 6.07) is 4.19. The van der Waals surface area contributed by atoms with Crippen LogP contribution in [0, 0.1) is 6.92 Å². The van der Waals surface area contributed by atoms with Crippen molar-refractivity contribution in [2.75, 3.05) is 6.54 Å². The Balaban J connectivity index is 2.05. The Labute approximate surface area is 101 Å². The van der Waals surface area contributed by atoms with Gasteiger partial charge in [0, 0.05) is 30.9 Å².